The van der Waals surface area contributed by atoms with Crippen molar-refractivity contribution in [1.29, 1.82) is 0 Å². The maximum absolute atomic E-state index is 12.4. The summed E-state index contributed by atoms with van der Waals surface area (Å²) in [5.74, 6) is 0.00245. The second kappa shape index (κ2) is 6.29. The van der Waals surface area contributed by atoms with Gasteiger partial charge in [0.15, 0.2) is 0 Å². The Morgan fingerprint density at radius 2 is 2.26 bits per heavy atom. The average Bonchev–Trinajstić information content (AvgIpc) is 2.84. The number of nitrogens with one attached hydrogen (secondary N) is 1. The van der Waals surface area contributed by atoms with E-state index >= 15 is 0 Å². The summed E-state index contributed by atoms with van der Waals surface area (Å²) in [6.07, 6.45) is 1.03. The van der Waals surface area contributed by atoms with Crippen LogP contribution in [-0.2, 0) is 0 Å². The van der Waals surface area contributed by atoms with E-state index in [2.05, 4.69) is 41.3 Å². The number of rotatable bonds is 4. The van der Waals surface area contributed by atoms with Crippen LogP contribution in [0.25, 0.3) is 0 Å². The minimum Gasteiger partial charge on any atom is -0.360 e. The summed E-state index contributed by atoms with van der Waals surface area (Å²) in [6.45, 7) is 7.60. The molecule has 0 spiro atoms. The van der Waals surface area contributed by atoms with Crippen LogP contribution >= 0.6 is 11.3 Å². The normalized spacial score (nSPS) is 20.6. The van der Waals surface area contributed by atoms with Gasteiger partial charge in [-0.25, -0.2) is 0 Å². The van der Waals surface area contributed by atoms with Gasteiger partial charge in [0.1, 0.15) is 0 Å². The first-order valence-electron chi connectivity index (χ1n) is 6.68. The molecular formula is C12H21N5OS. The van der Waals surface area contributed by atoms with E-state index < -0.39 is 0 Å². The average molecular weight is 283 g/mol. The zero-order chi connectivity index (χ0) is 13.8. The largest absolute Gasteiger partial charge is 0.360 e. The number of piperazine rings is 1. The van der Waals surface area contributed by atoms with Crippen LogP contribution < -0.4 is 5.32 Å². The molecule has 106 valence electrons. The van der Waals surface area contributed by atoms with Gasteiger partial charge in [0, 0.05) is 32.2 Å². The molecule has 1 amide bonds. The second-order valence-corrected chi connectivity index (χ2v) is 5.93. The highest BCUT2D eigenvalue weighted by Crippen LogP contribution is 2.19. The molecule has 1 unspecified atom stereocenters. The number of likely N-dealkylation sites (N-methyl/N-ethyl adjacent to an activating group) is 1. The molecule has 1 saturated heterocycles. The fourth-order valence-corrected chi connectivity index (χ4v) is 2.90. The molecule has 1 aliphatic rings. The number of amides is 1. The SMILES string of the molecule is CCCNc1nnc(C(=O)N2CCN(C)CC2C)s1. The molecule has 2 heterocycles. The second-order valence-electron chi connectivity index (χ2n) is 4.95. The Labute approximate surface area is 117 Å². The molecule has 0 saturated carbocycles. The first-order valence-corrected chi connectivity index (χ1v) is 7.50. The molecule has 1 N–H and O–H groups in total. The molecule has 1 aromatic rings. The van der Waals surface area contributed by atoms with Gasteiger partial charge in [-0.2, -0.15) is 0 Å². The van der Waals surface area contributed by atoms with Crippen LogP contribution in [0.3, 0.4) is 0 Å². The van der Waals surface area contributed by atoms with Crippen molar-refractivity contribution >= 4 is 22.4 Å². The summed E-state index contributed by atoms with van der Waals surface area (Å²) in [5, 5.41) is 12.4. The number of nitrogens with zero attached hydrogens (tertiary/aromatic N) is 4. The molecule has 0 bridgehead atoms. The van der Waals surface area contributed by atoms with Crippen LogP contribution in [0.1, 0.15) is 30.1 Å². The van der Waals surface area contributed by atoms with Crippen molar-refractivity contribution < 1.29 is 4.79 Å². The van der Waals surface area contributed by atoms with Gasteiger partial charge in [-0.1, -0.05) is 18.3 Å². The van der Waals surface area contributed by atoms with E-state index in [1.807, 2.05) is 4.90 Å². The van der Waals surface area contributed by atoms with E-state index in [4.69, 9.17) is 0 Å². The van der Waals surface area contributed by atoms with E-state index in [0.717, 1.165) is 37.7 Å². The Kier molecular flexibility index (Phi) is 4.71. The predicted molar refractivity (Wildman–Crippen MR) is 76.7 cm³/mol. The van der Waals surface area contributed by atoms with E-state index in [-0.39, 0.29) is 11.9 Å². The third kappa shape index (κ3) is 3.42. The minimum atomic E-state index is 0.00245. The smallest absolute Gasteiger partial charge is 0.285 e. The maximum Gasteiger partial charge on any atom is 0.285 e. The van der Waals surface area contributed by atoms with Gasteiger partial charge in [0.25, 0.3) is 5.91 Å². The maximum atomic E-state index is 12.4. The zero-order valence-corrected chi connectivity index (χ0v) is 12.5. The molecule has 2 rings (SSSR count). The Morgan fingerprint density at radius 3 is 2.95 bits per heavy atom. The molecule has 1 aliphatic heterocycles. The molecular weight excluding hydrogens is 262 g/mol. The third-order valence-corrected chi connectivity index (χ3v) is 4.09. The first kappa shape index (κ1) is 14.2. The van der Waals surface area contributed by atoms with Crippen molar-refractivity contribution in [3.05, 3.63) is 5.01 Å². The van der Waals surface area contributed by atoms with Crippen molar-refractivity contribution in [2.24, 2.45) is 0 Å². The predicted octanol–water partition coefficient (Wildman–Crippen LogP) is 1.14. The van der Waals surface area contributed by atoms with Gasteiger partial charge in [-0.05, 0) is 20.4 Å². The van der Waals surface area contributed by atoms with Gasteiger partial charge >= 0.3 is 0 Å². The summed E-state index contributed by atoms with van der Waals surface area (Å²) in [5.41, 5.74) is 0. The Morgan fingerprint density at radius 1 is 1.47 bits per heavy atom. The van der Waals surface area contributed by atoms with Gasteiger partial charge in [-0.15, -0.1) is 10.2 Å². The number of aromatic nitrogens is 2. The summed E-state index contributed by atoms with van der Waals surface area (Å²) in [6, 6.07) is 0.224. The Hall–Kier alpha value is -1.21. The summed E-state index contributed by atoms with van der Waals surface area (Å²) < 4.78 is 0. The molecule has 0 aromatic carbocycles. The quantitative estimate of drug-likeness (QED) is 0.898. The Balaban J connectivity index is 2.00. The van der Waals surface area contributed by atoms with Crippen LogP contribution in [0.2, 0.25) is 0 Å². The zero-order valence-electron chi connectivity index (χ0n) is 11.7. The van der Waals surface area contributed by atoms with Crippen LogP contribution in [0.5, 0.6) is 0 Å². The van der Waals surface area contributed by atoms with E-state index in [9.17, 15) is 4.79 Å². The molecule has 6 nitrogen and oxygen atoms in total. The van der Waals surface area contributed by atoms with Crippen LogP contribution in [0.4, 0.5) is 5.13 Å². The number of anilines is 1. The molecule has 1 fully saturated rings. The molecule has 19 heavy (non-hydrogen) atoms. The third-order valence-electron chi connectivity index (χ3n) is 3.23. The molecule has 1 atom stereocenters. The highest BCUT2D eigenvalue weighted by Gasteiger charge is 2.28. The number of carbonyl (C=O) groups is 1. The van der Waals surface area contributed by atoms with Crippen LogP contribution in [0.15, 0.2) is 0 Å². The number of hydrogen-bond donors (Lipinski definition) is 1. The lowest BCUT2D eigenvalue weighted by Crippen LogP contribution is -2.52. The van der Waals surface area contributed by atoms with Gasteiger partial charge in [-0.3, -0.25) is 4.79 Å². The van der Waals surface area contributed by atoms with Crippen LogP contribution in [-0.4, -0.2) is 65.2 Å². The molecule has 0 radical (unpaired) electrons. The topological polar surface area (TPSA) is 61.4 Å². The fraction of sp³-hybridized carbons (Fsp3) is 0.750. The highest BCUT2D eigenvalue weighted by atomic mass is 32.1. The Bertz CT molecular complexity index is 436. The lowest BCUT2D eigenvalue weighted by molar-refractivity contribution is 0.0532. The van der Waals surface area contributed by atoms with Crippen molar-refractivity contribution in [3.63, 3.8) is 0 Å². The van der Waals surface area contributed by atoms with Crippen LogP contribution in [0, 0.1) is 0 Å². The molecule has 1 aromatic heterocycles. The molecule has 0 aliphatic carbocycles. The summed E-state index contributed by atoms with van der Waals surface area (Å²) >= 11 is 1.34. The monoisotopic (exact) mass is 283 g/mol. The van der Waals surface area contributed by atoms with E-state index in [0.29, 0.717) is 5.01 Å². The van der Waals surface area contributed by atoms with Crippen molar-refractivity contribution in [3.8, 4) is 0 Å². The van der Waals surface area contributed by atoms with Crippen molar-refractivity contribution in [2.45, 2.75) is 26.3 Å². The van der Waals surface area contributed by atoms with Gasteiger partial charge in [0.05, 0.1) is 0 Å². The van der Waals surface area contributed by atoms with Crippen molar-refractivity contribution in [2.75, 3.05) is 38.5 Å². The van der Waals surface area contributed by atoms with E-state index in [1.54, 1.807) is 0 Å². The molecule has 7 heteroatoms. The number of hydrogen-bond acceptors (Lipinski definition) is 6. The van der Waals surface area contributed by atoms with Crippen molar-refractivity contribution in [1.82, 2.24) is 20.0 Å². The number of carbonyl (C=O) groups excluding carboxylic acids is 1. The highest BCUT2D eigenvalue weighted by molar-refractivity contribution is 7.17. The summed E-state index contributed by atoms with van der Waals surface area (Å²) in [7, 11) is 2.08. The summed E-state index contributed by atoms with van der Waals surface area (Å²) in [4.78, 5) is 16.5. The standard InChI is InChI=1S/C12H21N5OS/c1-4-5-13-12-15-14-10(19-12)11(18)17-7-6-16(3)8-9(17)2/h9H,4-8H2,1-3H3,(H,13,15). The first-order chi connectivity index (χ1) is 9.11. The lowest BCUT2D eigenvalue weighted by atomic mass is 10.2. The minimum absolute atomic E-state index is 0.00245. The van der Waals surface area contributed by atoms with Gasteiger partial charge in [0.2, 0.25) is 10.1 Å². The lowest BCUT2D eigenvalue weighted by Gasteiger charge is -2.37. The fourth-order valence-electron chi connectivity index (χ4n) is 2.18. The van der Waals surface area contributed by atoms with Gasteiger partial charge < -0.3 is 15.1 Å². The van der Waals surface area contributed by atoms with E-state index in [1.165, 1.54) is 11.3 Å².